The van der Waals surface area contributed by atoms with Crippen molar-refractivity contribution in [3.8, 4) is 0 Å². The van der Waals surface area contributed by atoms with Crippen LogP contribution >= 0.6 is 11.3 Å². The predicted molar refractivity (Wildman–Crippen MR) is 76.6 cm³/mol. The lowest BCUT2D eigenvalue weighted by atomic mass is 9.97. The summed E-state index contributed by atoms with van der Waals surface area (Å²) in [7, 11) is 4.41. The molecule has 4 nitrogen and oxygen atoms in total. The van der Waals surface area contributed by atoms with Crippen molar-refractivity contribution in [2.75, 3.05) is 33.7 Å². The van der Waals surface area contributed by atoms with Gasteiger partial charge in [-0.1, -0.05) is 0 Å². The van der Waals surface area contributed by atoms with Crippen molar-refractivity contribution in [1.29, 1.82) is 0 Å². The Hall–Kier alpha value is -0.490. The molecule has 2 rings (SSSR count). The summed E-state index contributed by atoms with van der Waals surface area (Å²) in [6.07, 6.45) is 2.65. The zero-order chi connectivity index (χ0) is 13.0. The third-order valence-corrected chi connectivity index (χ3v) is 4.53. The van der Waals surface area contributed by atoms with Gasteiger partial charge in [-0.3, -0.25) is 0 Å². The first kappa shape index (κ1) is 13.9. The SMILES string of the molecule is CN1CCC(CN(C)Cc2csc(CN)n2)CC1. The minimum atomic E-state index is 0.559. The van der Waals surface area contributed by atoms with Gasteiger partial charge in [-0.05, 0) is 45.9 Å². The van der Waals surface area contributed by atoms with Crippen LogP contribution in [0, 0.1) is 5.92 Å². The van der Waals surface area contributed by atoms with Gasteiger partial charge in [-0.25, -0.2) is 4.98 Å². The topological polar surface area (TPSA) is 45.4 Å². The number of aromatic nitrogens is 1. The van der Waals surface area contributed by atoms with Crippen LogP contribution in [0.3, 0.4) is 0 Å². The lowest BCUT2D eigenvalue weighted by Crippen LogP contribution is -2.35. The van der Waals surface area contributed by atoms with Gasteiger partial charge < -0.3 is 15.5 Å². The Kier molecular flexibility index (Phi) is 5.12. The highest BCUT2D eigenvalue weighted by atomic mass is 32.1. The molecule has 1 aromatic rings. The summed E-state index contributed by atoms with van der Waals surface area (Å²) in [6, 6.07) is 0. The van der Waals surface area contributed by atoms with Crippen molar-refractivity contribution >= 4 is 11.3 Å². The number of hydrogen-bond acceptors (Lipinski definition) is 5. The number of likely N-dealkylation sites (tertiary alicyclic amines) is 1. The molecule has 0 spiro atoms. The number of thiazole rings is 1. The summed E-state index contributed by atoms with van der Waals surface area (Å²) in [5.41, 5.74) is 6.75. The highest BCUT2D eigenvalue weighted by molar-refractivity contribution is 7.09. The van der Waals surface area contributed by atoms with Gasteiger partial charge in [0.2, 0.25) is 0 Å². The van der Waals surface area contributed by atoms with E-state index < -0.39 is 0 Å². The first-order valence-corrected chi connectivity index (χ1v) is 7.55. The Bertz CT molecular complexity index is 358. The van der Waals surface area contributed by atoms with E-state index in [0.717, 1.165) is 23.2 Å². The Labute approximate surface area is 114 Å². The van der Waals surface area contributed by atoms with E-state index in [4.69, 9.17) is 5.73 Å². The average molecular weight is 268 g/mol. The maximum Gasteiger partial charge on any atom is 0.106 e. The minimum absolute atomic E-state index is 0.559. The zero-order valence-corrected chi connectivity index (χ0v) is 12.2. The van der Waals surface area contributed by atoms with Gasteiger partial charge >= 0.3 is 0 Å². The maximum atomic E-state index is 5.59. The second-order valence-electron chi connectivity index (χ2n) is 5.38. The van der Waals surface area contributed by atoms with Crippen LogP contribution in [0.5, 0.6) is 0 Å². The zero-order valence-electron chi connectivity index (χ0n) is 11.4. The monoisotopic (exact) mass is 268 g/mol. The molecule has 1 saturated heterocycles. The quantitative estimate of drug-likeness (QED) is 0.876. The molecule has 0 amide bonds. The standard InChI is InChI=1S/C13H24N4S/c1-16-5-3-11(4-6-16)8-17(2)9-12-10-18-13(7-14)15-12/h10-11H,3-9,14H2,1-2H3. The largest absolute Gasteiger partial charge is 0.325 e. The molecule has 2 heterocycles. The Balaban J connectivity index is 1.76. The summed E-state index contributed by atoms with van der Waals surface area (Å²) in [4.78, 5) is 9.33. The summed E-state index contributed by atoms with van der Waals surface area (Å²) in [5.74, 6) is 0.846. The lowest BCUT2D eigenvalue weighted by molar-refractivity contribution is 0.173. The van der Waals surface area contributed by atoms with Crippen LogP contribution in [0.1, 0.15) is 23.5 Å². The summed E-state index contributed by atoms with van der Waals surface area (Å²) < 4.78 is 0. The lowest BCUT2D eigenvalue weighted by Gasteiger charge is -2.31. The third-order valence-electron chi connectivity index (χ3n) is 3.61. The van der Waals surface area contributed by atoms with E-state index in [0.29, 0.717) is 6.54 Å². The first-order chi connectivity index (χ1) is 8.67. The smallest absolute Gasteiger partial charge is 0.106 e. The van der Waals surface area contributed by atoms with Crippen molar-refractivity contribution in [2.24, 2.45) is 11.7 Å². The third kappa shape index (κ3) is 4.02. The van der Waals surface area contributed by atoms with Crippen LogP contribution < -0.4 is 5.73 Å². The molecule has 0 saturated carbocycles. The van der Waals surface area contributed by atoms with Gasteiger partial charge in [-0.2, -0.15) is 0 Å². The number of hydrogen-bond donors (Lipinski definition) is 1. The Morgan fingerprint density at radius 3 is 2.83 bits per heavy atom. The van der Waals surface area contributed by atoms with Crippen LogP contribution in [-0.2, 0) is 13.1 Å². The molecule has 1 fully saturated rings. The van der Waals surface area contributed by atoms with Gasteiger partial charge in [0.25, 0.3) is 0 Å². The van der Waals surface area contributed by atoms with Crippen LogP contribution in [0.2, 0.25) is 0 Å². The Morgan fingerprint density at radius 2 is 2.22 bits per heavy atom. The fourth-order valence-corrected chi connectivity index (χ4v) is 3.21. The molecule has 1 aliphatic rings. The second-order valence-corrected chi connectivity index (χ2v) is 6.32. The van der Waals surface area contributed by atoms with Crippen LogP contribution in [0.25, 0.3) is 0 Å². The van der Waals surface area contributed by atoms with Crippen molar-refractivity contribution in [2.45, 2.75) is 25.9 Å². The molecule has 18 heavy (non-hydrogen) atoms. The average Bonchev–Trinajstić information content (AvgIpc) is 2.79. The molecule has 5 heteroatoms. The van der Waals surface area contributed by atoms with Gasteiger partial charge in [0.15, 0.2) is 0 Å². The molecule has 1 aliphatic heterocycles. The summed E-state index contributed by atoms with van der Waals surface area (Å²) >= 11 is 1.67. The predicted octanol–water partition coefficient (Wildman–Crippen LogP) is 1.38. The molecule has 2 N–H and O–H groups in total. The number of rotatable bonds is 5. The van der Waals surface area contributed by atoms with Crippen LogP contribution in [0.4, 0.5) is 0 Å². The van der Waals surface area contributed by atoms with Crippen LogP contribution in [0.15, 0.2) is 5.38 Å². The van der Waals surface area contributed by atoms with Gasteiger partial charge in [-0.15, -0.1) is 11.3 Å². The maximum absolute atomic E-state index is 5.59. The number of nitrogens with zero attached hydrogens (tertiary/aromatic N) is 3. The minimum Gasteiger partial charge on any atom is -0.325 e. The van der Waals surface area contributed by atoms with E-state index in [1.165, 1.54) is 32.5 Å². The van der Waals surface area contributed by atoms with E-state index in [2.05, 4.69) is 34.3 Å². The van der Waals surface area contributed by atoms with Crippen LogP contribution in [-0.4, -0.2) is 48.5 Å². The second kappa shape index (κ2) is 6.61. The fraction of sp³-hybridized carbons (Fsp3) is 0.769. The van der Waals surface area contributed by atoms with Gasteiger partial charge in [0.1, 0.15) is 5.01 Å². The van der Waals surface area contributed by atoms with Crippen molar-refractivity contribution in [3.63, 3.8) is 0 Å². The molecule has 0 aromatic carbocycles. The highest BCUT2D eigenvalue weighted by Gasteiger charge is 2.18. The summed E-state index contributed by atoms with van der Waals surface area (Å²) in [6.45, 7) is 5.18. The molecule has 102 valence electrons. The number of piperidine rings is 1. The molecule has 0 unspecified atom stereocenters. The molecule has 0 aliphatic carbocycles. The van der Waals surface area contributed by atoms with Crippen molar-refractivity contribution in [1.82, 2.24) is 14.8 Å². The van der Waals surface area contributed by atoms with Crippen molar-refractivity contribution in [3.05, 3.63) is 16.1 Å². The molecule has 0 bridgehead atoms. The summed E-state index contributed by atoms with van der Waals surface area (Å²) in [5, 5.41) is 3.17. The molecule has 0 atom stereocenters. The highest BCUT2D eigenvalue weighted by Crippen LogP contribution is 2.18. The van der Waals surface area contributed by atoms with Crippen molar-refractivity contribution < 1.29 is 0 Å². The van der Waals surface area contributed by atoms with E-state index >= 15 is 0 Å². The molecule has 0 radical (unpaired) electrons. The number of nitrogens with two attached hydrogens (primary N) is 1. The fourth-order valence-electron chi connectivity index (χ4n) is 2.54. The molecular formula is C13H24N4S. The van der Waals surface area contributed by atoms with E-state index in [1.54, 1.807) is 11.3 Å². The van der Waals surface area contributed by atoms with Gasteiger partial charge in [0, 0.05) is 25.0 Å². The van der Waals surface area contributed by atoms with Gasteiger partial charge in [0.05, 0.1) is 5.69 Å². The van der Waals surface area contributed by atoms with E-state index in [-0.39, 0.29) is 0 Å². The normalized spacial score (nSPS) is 18.7. The van der Waals surface area contributed by atoms with E-state index in [9.17, 15) is 0 Å². The Morgan fingerprint density at radius 1 is 1.50 bits per heavy atom. The van der Waals surface area contributed by atoms with E-state index in [1.807, 2.05) is 0 Å². The molecule has 1 aromatic heterocycles. The molecular weight excluding hydrogens is 244 g/mol. The first-order valence-electron chi connectivity index (χ1n) is 6.68.